The molecule has 2 heterocycles. The Morgan fingerprint density at radius 2 is 2.53 bits per heavy atom. The average Bonchev–Trinajstić information content (AvgIpc) is 2.79. The molecule has 1 amide bonds. The number of carbonyl (C=O) groups excluding carboxylic acids is 1. The Morgan fingerprint density at radius 1 is 1.65 bits per heavy atom. The highest BCUT2D eigenvalue weighted by Gasteiger charge is 2.22. The summed E-state index contributed by atoms with van der Waals surface area (Å²) in [5, 5.41) is 6.04. The zero-order valence-electron chi connectivity index (χ0n) is 9.85. The molecule has 5 heteroatoms. The Morgan fingerprint density at radius 3 is 3.24 bits per heavy atom. The van der Waals surface area contributed by atoms with Gasteiger partial charge in [-0.05, 0) is 25.8 Å². The first-order valence-electron chi connectivity index (χ1n) is 5.93. The molecule has 1 atom stereocenters. The number of nitrogens with zero attached hydrogens (tertiary/aromatic N) is 2. The highest BCUT2D eigenvalue weighted by atomic mass is 16.2. The van der Waals surface area contributed by atoms with Gasteiger partial charge in [-0.1, -0.05) is 6.58 Å². The van der Waals surface area contributed by atoms with E-state index < -0.39 is 0 Å². The van der Waals surface area contributed by atoms with Crippen molar-refractivity contribution >= 4 is 5.91 Å². The molecule has 1 aliphatic heterocycles. The number of aromatic nitrogens is 2. The summed E-state index contributed by atoms with van der Waals surface area (Å²) in [7, 11) is 0. The Labute approximate surface area is 101 Å². The summed E-state index contributed by atoms with van der Waals surface area (Å²) < 4.78 is 2.03. The van der Waals surface area contributed by atoms with Crippen molar-refractivity contribution < 1.29 is 4.79 Å². The van der Waals surface area contributed by atoms with Crippen LogP contribution in [-0.2, 0) is 11.3 Å². The molecule has 1 aromatic rings. The Kier molecular flexibility index (Phi) is 3.93. The summed E-state index contributed by atoms with van der Waals surface area (Å²) in [6.07, 6.45) is 8.21. The molecule has 2 rings (SSSR count). The molecular weight excluding hydrogens is 216 g/mol. The van der Waals surface area contributed by atoms with Crippen molar-refractivity contribution in [2.75, 3.05) is 6.54 Å². The van der Waals surface area contributed by atoms with E-state index in [1.165, 1.54) is 0 Å². The highest BCUT2D eigenvalue weighted by molar-refractivity contribution is 5.84. The summed E-state index contributed by atoms with van der Waals surface area (Å²) in [6, 6.07) is -0.0664. The van der Waals surface area contributed by atoms with E-state index >= 15 is 0 Å². The third kappa shape index (κ3) is 3.42. The molecule has 1 aromatic heterocycles. The molecular formula is C12H18N4O. The largest absolute Gasteiger partial charge is 0.337 e. The second-order valence-corrected chi connectivity index (χ2v) is 4.29. The number of aryl methyl sites for hydroxylation is 1. The van der Waals surface area contributed by atoms with E-state index in [2.05, 4.69) is 22.2 Å². The van der Waals surface area contributed by atoms with Crippen molar-refractivity contribution in [2.24, 2.45) is 0 Å². The summed E-state index contributed by atoms with van der Waals surface area (Å²) in [5.74, 6) is 0.0453. The van der Waals surface area contributed by atoms with E-state index in [0.717, 1.165) is 38.0 Å². The van der Waals surface area contributed by atoms with E-state index in [1.54, 1.807) is 12.5 Å². The second-order valence-electron chi connectivity index (χ2n) is 4.29. The van der Waals surface area contributed by atoms with Crippen molar-refractivity contribution in [2.45, 2.75) is 31.8 Å². The predicted molar refractivity (Wildman–Crippen MR) is 65.2 cm³/mol. The first-order valence-corrected chi connectivity index (χ1v) is 5.93. The van der Waals surface area contributed by atoms with Crippen molar-refractivity contribution in [3.8, 4) is 0 Å². The van der Waals surface area contributed by atoms with Gasteiger partial charge in [0.1, 0.15) is 0 Å². The fraction of sp³-hybridized carbons (Fsp3) is 0.500. The molecule has 1 aliphatic rings. The maximum atomic E-state index is 11.6. The van der Waals surface area contributed by atoms with Gasteiger partial charge < -0.3 is 15.2 Å². The SMILES string of the molecule is C=C1CCC(NCCCn2ccnc2)C(=O)N1. The maximum Gasteiger partial charge on any atom is 0.241 e. The Hall–Kier alpha value is -1.62. The van der Waals surface area contributed by atoms with Gasteiger partial charge in [0.25, 0.3) is 0 Å². The van der Waals surface area contributed by atoms with Crippen LogP contribution in [0.5, 0.6) is 0 Å². The molecule has 92 valence electrons. The molecule has 1 unspecified atom stereocenters. The van der Waals surface area contributed by atoms with Gasteiger partial charge >= 0.3 is 0 Å². The standard InChI is InChI=1S/C12H18N4O/c1-10-3-4-11(12(17)15-10)14-5-2-7-16-8-6-13-9-16/h6,8-9,11,14H,1-5,7H2,(H,15,17). The maximum absolute atomic E-state index is 11.6. The van der Waals surface area contributed by atoms with Crippen LogP contribution in [0.15, 0.2) is 31.0 Å². The van der Waals surface area contributed by atoms with Gasteiger partial charge in [-0.3, -0.25) is 4.79 Å². The first kappa shape index (κ1) is 11.9. The third-order valence-corrected chi connectivity index (χ3v) is 2.89. The number of carbonyl (C=O) groups is 1. The second kappa shape index (κ2) is 5.63. The molecule has 2 N–H and O–H groups in total. The zero-order chi connectivity index (χ0) is 12.1. The van der Waals surface area contributed by atoms with Crippen LogP contribution >= 0.6 is 0 Å². The van der Waals surface area contributed by atoms with Crippen LogP contribution in [0.4, 0.5) is 0 Å². The van der Waals surface area contributed by atoms with Crippen molar-refractivity contribution in [1.82, 2.24) is 20.2 Å². The molecule has 0 spiro atoms. The number of piperidine rings is 1. The fourth-order valence-corrected chi connectivity index (χ4v) is 1.93. The number of hydrogen-bond donors (Lipinski definition) is 2. The predicted octanol–water partition coefficient (Wildman–Crippen LogP) is 0.655. The van der Waals surface area contributed by atoms with Gasteiger partial charge in [0.2, 0.25) is 5.91 Å². The smallest absolute Gasteiger partial charge is 0.241 e. The minimum atomic E-state index is -0.0664. The lowest BCUT2D eigenvalue weighted by atomic mass is 10.0. The molecule has 0 bridgehead atoms. The van der Waals surface area contributed by atoms with E-state index in [1.807, 2.05) is 10.8 Å². The highest BCUT2D eigenvalue weighted by Crippen LogP contribution is 2.10. The zero-order valence-corrected chi connectivity index (χ0v) is 9.85. The van der Waals surface area contributed by atoms with E-state index in [4.69, 9.17) is 0 Å². The lowest BCUT2D eigenvalue weighted by Crippen LogP contribution is -2.47. The van der Waals surface area contributed by atoms with Gasteiger partial charge in [-0.15, -0.1) is 0 Å². The van der Waals surface area contributed by atoms with Gasteiger partial charge in [0.15, 0.2) is 0 Å². The number of allylic oxidation sites excluding steroid dienone is 1. The van der Waals surface area contributed by atoms with Gasteiger partial charge in [-0.25, -0.2) is 4.98 Å². The van der Waals surface area contributed by atoms with Crippen LogP contribution in [0.3, 0.4) is 0 Å². The van der Waals surface area contributed by atoms with Crippen LogP contribution in [0, 0.1) is 0 Å². The monoisotopic (exact) mass is 234 g/mol. The molecule has 5 nitrogen and oxygen atoms in total. The summed E-state index contributed by atoms with van der Waals surface area (Å²) >= 11 is 0. The van der Waals surface area contributed by atoms with Crippen LogP contribution in [0.25, 0.3) is 0 Å². The van der Waals surface area contributed by atoms with E-state index in [9.17, 15) is 4.79 Å². The molecule has 1 fully saturated rings. The Bertz CT molecular complexity index is 385. The van der Waals surface area contributed by atoms with Crippen LogP contribution in [0.2, 0.25) is 0 Å². The van der Waals surface area contributed by atoms with E-state index in [-0.39, 0.29) is 11.9 Å². The molecule has 1 saturated heterocycles. The van der Waals surface area contributed by atoms with Gasteiger partial charge in [0.05, 0.1) is 12.4 Å². The number of nitrogens with one attached hydrogen (secondary N) is 2. The summed E-state index contributed by atoms with van der Waals surface area (Å²) in [5.41, 5.74) is 0.825. The van der Waals surface area contributed by atoms with Crippen LogP contribution in [-0.4, -0.2) is 28.0 Å². The lowest BCUT2D eigenvalue weighted by molar-refractivity contribution is -0.123. The number of rotatable bonds is 5. The number of imidazole rings is 1. The molecule has 17 heavy (non-hydrogen) atoms. The van der Waals surface area contributed by atoms with Crippen molar-refractivity contribution in [3.05, 3.63) is 31.0 Å². The minimum Gasteiger partial charge on any atom is -0.337 e. The fourth-order valence-electron chi connectivity index (χ4n) is 1.93. The normalized spacial score (nSPS) is 20.4. The van der Waals surface area contributed by atoms with E-state index in [0.29, 0.717) is 0 Å². The van der Waals surface area contributed by atoms with Gasteiger partial charge in [-0.2, -0.15) is 0 Å². The lowest BCUT2D eigenvalue weighted by Gasteiger charge is -2.24. The van der Waals surface area contributed by atoms with Crippen molar-refractivity contribution in [1.29, 1.82) is 0 Å². The molecule has 0 aliphatic carbocycles. The summed E-state index contributed by atoms with van der Waals surface area (Å²) in [6.45, 7) is 5.52. The van der Waals surface area contributed by atoms with Gasteiger partial charge in [0, 0.05) is 24.6 Å². The van der Waals surface area contributed by atoms with Crippen molar-refractivity contribution in [3.63, 3.8) is 0 Å². The quantitative estimate of drug-likeness (QED) is 0.736. The average molecular weight is 234 g/mol. The number of hydrogen-bond acceptors (Lipinski definition) is 3. The van der Waals surface area contributed by atoms with Crippen LogP contribution in [0.1, 0.15) is 19.3 Å². The molecule has 0 radical (unpaired) electrons. The van der Waals surface area contributed by atoms with Crippen LogP contribution < -0.4 is 10.6 Å². The third-order valence-electron chi connectivity index (χ3n) is 2.89. The number of amides is 1. The molecule has 0 aromatic carbocycles. The first-order chi connectivity index (χ1) is 8.25. The summed E-state index contributed by atoms with van der Waals surface area (Å²) in [4.78, 5) is 15.6. The molecule has 0 saturated carbocycles. The topological polar surface area (TPSA) is 59.0 Å². The minimum absolute atomic E-state index is 0.0453. The Balaban J connectivity index is 1.65.